The van der Waals surface area contributed by atoms with Gasteiger partial charge in [0.1, 0.15) is 5.82 Å². The Hall–Kier alpha value is -0.930. The Bertz CT molecular complexity index is 373. The van der Waals surface area contributed by atoms with E-state index in [0.717, 1.165) is 25.3 Å². The molecule has 0 radical (unpaired) electrons. The molecule has 0 spiro atoms. The molecule has 0 saturated heterocycles. The lowest BCUT2D eigenvalue weighted by Crippen LogP contribution is -2.25. The fraction of sp³-hybridized carbons (Fsp3) is 0.647. The van der Waals surface area contributed by atoms with Gasteiger partial charge in [0.2, 0.25) is 0 Å². The Labute approximate surface area is 121 Å². The molecule has 1 aromatic rings. The number of halogens is 1. The summed E-state index contributed by atoms with van der Waals surface area (Å²) in [6, 6.07) is 6.69. The van der Waals surface area contributed by atoms with Gasteiger partial charge in [-0.3, -0.25) is 0 Å². The van der Waals surface area contributed by atoms with Crippen LogP contribution in [0.15, 0.2) is 24.3 Å². The van der Waals surface area contributed by atoms with E-state index in [1.54, 1.807) is 0 Å². The summed E-state index contributed by atoms with van der Waals surface area (Å²) in [6.07, 6.45) is 6.65. The lowest BCUT2D eigenvalue weighted by molar-refractivity contribution is 0.0202. The molecule has 1 saturated carbocycles. The summed E-state index contributed by atoms with van der Waals surface area (Å²) >= 11 is 0. The van der Waals surface area contributed by atoms with Gasteiger partial charge in [-0.2, -0.15) is 0 Å². The molecule has 1 aliphatic carbocycles. The monoisotopic (exact) mass is 279 g/mol. The number of hydrogen-bond donors (Lipinski definition) is 1. The molecular formula is C17H26FNO. The first kappa shape index (κ1) is 15.5. The van der Waals surface area contributed by atoms with E-state index in [0.29, 0.717) is 5.92 Å². The molecule has 1 atom stereocenters. The van der Waals surface area contributed by atoms with Crippen LogP contribution in [0.4, 0.5) is 4.39 Å². The molecule has 0 bridgehead atoms. The van der Waals surface area contributed by atoms with Crippen molar-refractivity contribution in [3.05, 3.63) is 35.6 Å². The molecule has 3 heteroatoms. The van der Waals surface area contributed by atoms with Crippen LogP contribution >= 0.6 is 0 Å². The minimum atomic E-state index is -0.191. The van der Waals surface area contributed by atoms with E-state index < -0.39 is 0 Å². The largest absolute Gasteiger partial charge is 0.372 e. The highest BCUT2D eigenvalue weighted by atomic mass is 19.1. The van der Waals surface area contributed by atoms with Crippen LogP contribution in [-0.2, 0) is 4.74 Å². The maximum Gasteiger partial charge on any atom is 0.123 e. The Morgan fingerprint density at radius 2 is 1.90 bits per heavy atom. The zero-order valence-corrected chi connectivity index (χ0v) is 12.4. The standard InChI is InChI=1S/C17H26FNO/c1-2-19-12-17(15-8-10-16(18)11-9-15)20-13-14-6-4-3-5-7-14/h8-11,14,17,19H,2-7,12-13H2,1H3. The zero-order valence-electron chi connectivity index (χ0n) is 12.4. The van der Waals surface area contributed by atoms with Crippen LogP contribution in [0, 0.1) is 11.7 Å². The Morgan fingerprint density at radius 3 is 2.55 bits per heavy atom. The lowest BCUT2D eigenvalue weighted by Gasteiger charge is -2.25. The van der Waals surface area contributed by atoms with Crippen molar-refractivity contribution in [2.75, 3.05) is 19.7 Å². The molecule has 2 nitrogen and oxygen atoms in total. The molecule has 1 N–H and O–H groups in total. The highest BCUT2D eigenvalue weighted by molar-refractivity contribution is 5.19. The number of likely N-dealkylation sites (N-methyl/N-ethyl adjacent to an activating group) is 1. The summed E-state index contributed by atoms with van der Waals surface area (Å²) in [5.41, 5.74) is 1.06. The topological polar surface area (TPSA) is 21.3 Å². The molecular weight excluding hydrogens is 253 g/mol. The Morgan fingerprint density at radius 1 is 1.20 bits per heavy atom. The van der Waals surface area contributed by atoms with Crippen molar-refractivity contribution in [1.82, 2.24) is 5.32 Å². The predicted octanol–water partition coefficient (Wildman–Crippen LogP) is 4.07. The van der Waals surface area contributed by atoms with Crippen LogP contribution in [0.5, 0.6) is 0 Å². The van der Waals surface area contributed by atoms with Crippen molar-refractivity contribution in [3.63, 3.8) is 0 Å². The third-order valence-electron chi connectivity index (χ3n) is 4.08. The zero-order chi connectivity index (χ0) is 14.2. The smallest absolute Gasteiger partial charge is 0.123 e. The highest BCUT2D eigenvalue weighted by Crippen LogP contribution is 2.26. The first-order chi connectivity index (χ1) is 9.79. The van der Waals surface area contributed by atoms with Crippen LogP contribution < -0.4 is 5.32 Å². The van der Waals surface area contributed by atoms with Crippen LogP contribution in [0.25, 0.3) is 0 Å². The van der Waals surface area contributed by atoms with E-state index in [1.807, 2.05) is 12.1 Å². The van der Waals surface area contributed by atoms with Gasteiger partial charge >= 0.3 is 0 Å². The molecule has 0 aromatic heterocycles. The first-order valence-electron chi connectivity index (χ1n) is 7.87. The van der Waals surface area contributed by atoms with Gasteiger partial charge in [0.05, 0.1) is 12.7 Å². The van der Waals surface area contributed by atoms with Gasteiger partial charge in [-0.1, -0.05) is 38.3 Å². The normalized spacial score (nSPS) is 18.1. The molecule has 0 amide bonds. The summed E-state index contributed by atoms with van der Waals surface area (Å²) < 4.78 is 19.1. The van der Waals surface area contributed by atoms with Crippen molar-refractivity contribution in [2.45, 2.75) is 45.1 Å². The van der Waals surface area contributed by atoms with Crippen molar-refractivity contribution in [2.24, 2.45) is 5.92 Å². The van der Waals surface area contributed by atoms with Crippen molar-refractivity contribution in [1.29, 1.82) is 0 Å². The molecule has 1 aliphatic rings. The maximum absolute atomic E-state index is 13.0. The number of rotatable bonds is 7. The first-order valence-corrected chi connectivity index (χ1v) is 7.87. The van der Waals surface area contributed by atoms with Crippen LogP contribution in [0.1, 0.15) is 50.7 Å². The Balaban J connectivity index is 1.90. The summed E-state index contributed by atoms with van der Waals surface area (Å²) in [4.78, 5) is 0. The lowest BCUT2D eigenvalue weighted by atomic mass is 9.90. The maximum atomic E-state index is 13.0. The van der Waals surface area contributed by atoms with Gasteiger partial charge in [-0.15, -0.1) is 0 Å². The predicted molar refractivity (Wildman–Crippen MR) is 80.2 cm³/mol. The van der Waals surface area contributed by atoms with E-state index in [1.165, 1.54) is 44.2 Å². The van der Waals surface area contributed by atoms with Gasteiger partial charge in [-0.05, 0) is 43.0 Å². The van der Waals surface area contributed by atoms with Gasteiger partial charge < -0.3 is 10.1 Å². The average Bonchev–Trinajstić information content (AvgIpc) is 2.50. The van der Waals surface area contributed by atoms with Gasteiger partial charge in [-0.25, -0.2) is 4.39 Å². The fourth-order valence-corrected chi connectivity index (χ4v) is 2.83. The van der Waals surface area contributed by atoms with Crippen molar-refractivity contribution >= 4 is 0 Å². The summed E-state index contributed by atoms with van der Waals surface area (Å²) in [6.45, 7) is 4.62. The minimum Gasteiger partial charge on any atom is -0.372 e. The van der Waals surface area contributed by atoms with E-state index in [-0.39, 0.29) is 11.9 Å². The number of ether oxygens (including phenoxy) is 1. The summed E-state index contributed by atoms with van der Waals surface area (Å²) in [5.74, 6) is 0.511. The quantitative estimate of drug-likeness (QED) is 0.812. The SMILES string of the molecule is CCNCC(OCC1CCCCC1)c1ccc(F)cc1. The average molecular weight is 279 g/mol. The Kier molecular flexibility index (Phi) is 6.48. The van der Waals surface area contributed by atoms with Crippen LogP contribution in [0.2, 0.25) is 0 Å². The minimum absolute atomic E-state index is 0.0254. The van der Waals surface area contributed by atoms with E-state index in [4.69, 9.17) is 4.74 Å². The second kappa shape index (κ2) is 8.38. The van der Waals surface area contributed by atoms with Gasteiger partial charge in [0.15, 0.2) is 0 Å². The van der Waals surface area contributed by atoms with Crippen LogP contribution in [0.3, 0.4) is 0 Å². The van der Waals surface area contributed by atoms with Crippen molar-refractivity contribution in [3.8, 4) is 0 Å². The molecule has 20 heavy (non-hydrogen) atoms. The molecule has 112 valence electrons. The van der Waals surface area contributed by atoms with E-state index in [9.17, 15) is 4.39 Å². The van der Waals surface area contributed by atoms with Gasteiger partial charge in [0.25, 0.3) is 0 Å². The summed E-state index contributed by atoms with van der Waals surface area (Å²) in [7, 11) is 0. The van der Waals surface area contributed by atoms with E-state index in [2.05, 4.69) is 12.2 Å². The summed E-state index contributed by atoms with van der Waals surface area (Å²) in [5, 5.41) is 3.33. The molecule has 0 aliphatic heterocycles. The number of nitrogens with one attached hydrogen (secondary N) is 1. The molecule has 2 rings (SSSR count). The second-order valence-electron chi connectivity index (χ2n) is 5.69. The third-order valence-corrected chi connectivity index (χ3v) is 4.08. The van der Waals surface area contributed by atoms with Crippen LogP contribution in [-0.4, -0.2) is 19.7 Å². The highest BCUT2D eigenvalue weighted by Gasteiger charge is 2.17. The molecule has 1 aromatic carbocycles. The van der Waals surface area contributed by atoms with Crippen molar-refractivity contribution < 1.29 is 9.13 Å². The van der Waals surface area contributed by atoms with Gasteiger partial charge in [0, 0.05) is 6.54 Å². The fourth-order valence-electron chi connectivity index (χ4n) is 2.83. The molecule has 1 unspecified atom stereocenters. The molecule has 0 heterocycles. The third kappa shape index (κ3) is 4.88. The second-order valence-corrected chi connectivity index (χ2v) is 5.69. The van der Waals surface area contributed by atoms with E-state index >= 15 is 0 Å². The number of benzene rings is 1. The molecule has 1 fully saturated rings. The number of hydrogen-bond acceptors (Lipinski definition) is 2.